The maximum atomic E-state index is 5.84. The molecular weight excluding hydrogens is 290 g/mol. The molecule has 0 aliphatic heterocycles. The highest BCUT2D eigenvalue weighted by Gasteiger charge is 2.04. The molecule has 0 radical (unpaired) electrons. The number of nitrogens with zero attached hydrogens (tertiary/aromatic N) is 3. The largest absolute Gasteiger partial charge is 0.497 e. The van der Waals surface area contributed by atoms with Gasteiger partial charge >= 0.3 is 0 Å². The summed E-state index contributed by atoms with van der Waals surface area (Å²) in [6.45, 7) is 6.66. The standard InChI is InChI=1S/C12H14ClN5O.C2H6/c1-3-14-11-16-10(13)17-12(18-11)15-8-4-6-9(19-2)7-5-8;1-2/h4-7H,3H2,1-2H3,(H2,14,15,16,17,18);1-2H3. The van der Waals surface area contributed by atoms with Crippen LogP contribution in [0, 0.1) is 0 Å². The summed E-state index contributed by atoms with van der Waals surface area (Å²) in [5, 5.41) is 6.18. The van der Waals surface area contributed by atoms with Crippen LogP contribution < -0.4 is 15.4 Å². The number of aromatic nitrogens is 3. The summed E-state index contributed by atoms with van der Waals surface area (Å²) in [6, 6.07) is 7.42. The zero-order valence-corrected chi connectivity index (χ0v) is 13.4. The van der Waals surface area contributed by atoms with Gasteiger partial charge in [0, 0.05) is 12.2 Å². The Labute approximate surface area is 129 Å². The van der Waals surface area contributed by atoms with E-state index in [-0.39, 0.29) is 5.28 Å². The molecule has 0 aliphatic carbocycles. The van der Waals surface area contributed by atoms with Crippen LogP contribution in [0.5, 0.6) is 5.75 Å². The van der Waals surface area contributed by atoms with E-state index >= 15 is 0 Å². The first kappa shape index (κ1) is 17.0. The Hall–Kier alpha value is -2.08. The van der Waals surface area contributed by atoms with Crippen molar-refractivity contribution in [2.24, 2.45) is 0 Å². The van der Waals surface area contributed by atoms with Crippen molar-refractivity contribution >= 4 is 29.2 Å². The number of nitrogens with one attached hydrogen (secondary N) is 2. The smallest absolute Gasteiger partial charge is 0.233 e. The molecular formula is C14H20ClN5O. The van der Waals surface area contributed by atoms with E-state index in [1.165, 1.54) is 0 Å². The van der Waals surface area contributed by atoms with Crippen LogP contribution in [0.4, 0.5) is 17.6 Å². The van der Waals surface area contributed by atoms with Crippen LogP contribution in [-0.4, -0.2) is 28.6 Å². The lowest BCUT2D eigenvalue weighted by Crippen LogP contribution is -2.06. The van der Waals surface area contributed by atoms with E-state index in [1.807, 2.05) is 45.0 Å². The van der Waals surface area contributed by atoms with Crippen LogP contribution >= 0.6 is 11.6 Å². The topological polar surface area (TPSA) is 72.0 Å². The van der Waals surface area contributed by atoms with Crippen molar-refractivity contribution in [3.63, 3.8) is 0 Å². The Balaban J connectivity index is 0.00000106. The highest BCUT2D eigenvalue weighted by atomic mass is 35.5. The summed E-state index contributed by atoms with van der Waals surface area (Å²) < 4.78 is 5.09. The number of anilines is 3. The van der Waals surface area contributed by atoms with E-state index in [0.717, 1.165) is 11.4 Å². The van der Waals surface area contributed by atoms with Crippen molar-refractivity contribution in [2.75, 3.05) is 24.3 Å². The monoisotopic (exact) mass is 309 g/mol. The minimum absolute atomic E-state index is 0.141. The second-order valence-corrected chi connectivity index (χ2v) is 3.97. The third-order valence-electron chi connectivity index (χ3n) is 2.29. The van der Waals surface area contributed by atoms with Gasteiger partial charge in [0.1, 0.15) is 5.75 Å². The van der Waals surface area contributed by atoms with Crippen molar-refractivity contribution in [3.8, 4) is 5.75 Å². The first-order chi connectivity index (χ1) is 10.2. The van der Waals surface area contributed by atoms with Crippen molar-refractivity contribution < 1.29 is 4.74 Å². The summed E-state index contributed by atoms with van der Waals surface area (Å²) >= 11 is 5.84. The molecule has 1 heterocycles. The van der Waals surface area contributed by atoms with Crippen LogP contribution in [0.3, 0.4) is 0 Å². The molecule has 0 aliphatic rings. The van der Waals surface area contributed by atoms with Gasteiger partial charge in [0.25, 0.3) is 0 Å². The molecule has 2 N–H and O–H groups in total. The Morgan fingerprint density at radius 2 is 1.67 bits per heavy atom. The number of halogens is 1. The van der Waals surface area contributed by atoms with Crippen LogP contribution in [-0.2, 0) is 0 Å². The number of hydrogen-bond donors (Lipinski definition) is 2. The molecule has 2 rings (SSSR count). The maximum Gasteiger partial charge on any atom is 0.233 e. The predicted octanol–water partition coefficient (Wildman–Crippen LogP) is 3.74. The molecule has 0 saturated carbocycles. The molecule has 0 amide bonds. The van der Waals surface area contributed by atoms with E-state index in [2.05, 4.69) is 25.6 Å². The molecule has 7 heteroatoms. The normalized spacial score (nSPS) is 9.38. The highest BCUT2D eigenvalue weighted by Crippen LogP contribution is 2.19. The number of ether oxygens (including phenoxy) is 1. The molecule has 0 spiro atoms. The number of methoxy groups -OCH3 is 1. The fourth-order valence-corrected chi connectivity index (χ4v) is 1.61. The van der Waals surface area contributed by atoms with Gasteiger partial charge in [-0.2, -0.15) is 15.0 Å². The molecule has 6 nitrogen and oxygen atoms in total. The van der Waals surface area contributed by atoms with Crippen LogP contribution in [0.1, 0.15) is 20.8 Å². The van der Waals surface area contributed by atoms with E-state index in [1.54, 1.807) is 7.11 Å². The van der Waals surface area contributed by atoms with Crippen molar-refractivity contribution in [3.05, 3.63) is 29.5 Å². The SMILES string of the molecule is CC.CCNc1nc(Cl)nc(Nc2ccc(OC)cc2)n1. The second kappa shape index (κ2) is 8.97. The van der Waals surface area contributed by atoms with E-state index in [4.69, 9.17) is 16.3 Å². The number of rotatable bonds is 5. The second-order valence-electron chi connectivity index (χ2n) is 3.64. The molecule has 2 aromatic rings. The average Bonchev–Trinajstić information content (AvgIpc) is 2.50. The van der Waals surface area contributed by atoms with Crippen molar-refractivity contribution in [2.45, 2.75) is 20.8 Å². The van der Waals surface area contributed by atoms with Gasteiger partial charge in [-0.1, -0.05) is 13.8 Å². The van der Waals surface area contributed by atoms with Crippen molar-refractivity contribution in [1.29, 1.82) is 0 Å². The molecule has 0 saturated heterocycles. The fraction of sp³-hybridized carbons (Fsp3) is 0.357. The Bertz CT molecular complexity index is 548. The lowest BCUT2D eigenvalue weighted by Gasteiger charge is -2.07. The minimum atomic E-state index is 0.141. The zero-order chi connectivity index (χ0) is 15.7. The summed E-state index contributed by atoms with van der Waals surface area (Å²) in [5.41, 5.74) is 0.838. The fourth-order valence-electron chi connectivity index (χ4n) is 1.45. The first-order valence-corrected chi connectivity index (χ1v) is 7.15. The molecule has 114 valence electrons. The third-order valence-corrected chi connectivity index (χ3v) is 2.46. The van der Waals surface area contributed by atoms with Gasteiger partial charge in [-0.3, -0.25) is 0 Å². The molecule has 0 fully saturated rings. The lowest BCUT2D eigenvalue weighted by atomic mass is 10.3. The first-order valence-electron chi connectivity index (χ1n) is 6.78. The quantitative estimate of drug-likeness (QED) is 0.876. The Kier molecular flexibility index (Phi) is 7.25. The van der Waals surface area contributed by atoms with Gasteiger partial charge in [0.2, 0.25) is 17.2 Å². The van der Waals surface area contributed by atoms with Gasteiger partial charge in [-0.15, -0.1) is 0 Å². The van der Waals surface area contributed by atoms with Crippen molar-refractivity contribution in [1.82, 2.24) is 15.0 Å². The number of hydrogen-bond acceptors (Lipinski definition) is 6. The van der Waals surface area contributed by atoms with Gasteiger partial charge < -0.3 is 15.4 Å². The molecule has 1 aromatic heterocycles. The Morgan fingerprint density at radius 3 is 2.24 bits per heavy atom. The lowest BCUT2D eigenvalue weighted by molar-refractivity contribution is 0.415. The van der Waals surface area contributed by atoms with Gasteiger partial charge in [-0.05, 0) is 42.8 Å². The third kappa shape index (κ3) is 5.43. The maximum absolute atomic E-state index is 5.84. The van der Waals surface area contributed by atoms with Gasteiger partial charge in [0.05, 0.1) is 7.11 Å². The van der Waals surface area contributed by atoms with Gasteiger partial charge in [-0.25, -0.2) is 0 Å². The van der Waals surface area contributed by atoms with E-state index < -0.39 is 0 Å². The molecule has 0 atom stereocenters. The molecule has 1 aromatic carbocycles. The molecule has 0 bridgehead atoms. The predicted molar refractivity (Wildman–Crippen MR) is 86.6 cm³/mol. The Morgan fingerprint density at radius 1 is 1.05 bits per heavy atom. The minimum Gasteiger partial charge on any atom is -0.497 e. The molecule has 21 heavy (non-hydrogen) atoms. The number of benzene rings is 1. The van der Waals surface area contributed by atoms with Crippen LogP contribution in [0.15, 0.2) is 24.3 Å². The average molecular weight is 310 g/mol. The zero-order valence-electron chi connectivity index (χ0n) is 12.6. The summed E-state index contributed by atoms with van der Waals surface area (Å²) in [7, 11) is 1.62. The summed E-state index contributed by atoms with van der Waals surface area (Å²) in [4.78, 5) is 12.2. The van der Waals surface area contributed by atoms with Crippen LogP contribution in [0.25, 0.3) is 0 Å². The van der Waals surface area contributed by atoms with E-state index in [9.17, 15) is 0 Å². The van der Waals surface area contributed by atoms with E-state index in [0.29, 0.717) is 18.4 Å². The molecule has 0 unspecified atom stereocenters. The summed E-state index contributed by atoms with van der Waals surface area (Å²) in [6.07, 6.45) is 0. The van der Waals surface area contributed by atoms with Crippen LogP contribution in [0.2, 0.25) is 5.28 Å². The highest BCUT2D eigenvalue weighted by molar-refractivity contribution is 6.28. The van der Waals surface area contributed by atoms with Gasteiger partial charge in [0.15, 0.2) is 0 Å². The summed E-state index contributed by atoms with van der Waals surface area (Å²) in [5.74, 6) is 1.62.